The quantitative estimate of drug-likeness (QED) is 0.834. The lowest BCUT2D eigenvalue weighted by atomic mass is 10.1. The van der Waals surface area contributed by atoms with Gasteiger partial charge in [0.2, 0.25) is 0 Å². The van der Waals surface area contributed by atoms with Crippen LogP contribution < -0.4 is 5.56 Å². The summed E-state index contributed by atoms with van der Waals surface area (Å²) in [5.41, 5.74) is -2.02. The zero-order chi connectivity index (χ0) is 14.2. The molecule has 2 rings (SSSR count). The van der Waals surface area contributed by atoms with E-state index in [1.54, 1.807) is 0 Å². The first-order chi connectivity index (χ1) is 8.79. The normalized spacial score (nSPS) is 11.6. The number of aromatic amines is 1. The topological polar surface area (TPSA) is 32.9 Å². The standard InChI is InChI=1S/C12H6Cl2F3NO/c13-7-1-2-10(14)8(4-7)6-3-9(12(15,16)17)11(19)18-5-6/h1-5H,(H,18,19). The van der Waals surface area contributed by atoms with Crippen molar-refractivity contribution in [3.8, 4) is 11.1 Å². The number of H-pyrrole nitrogens is 1. The Bertz CT molecular complexity index is 679. The van der Waals surface area contributed by atoms with Gasteiger partial charge < -0.3 is 4.98 Å². The van der Waals surface area contributed by atoms with Crippen molar-refractivity contribution in [2.24, 2.45) is 0 Å². The Morgan fingerprint density at radius 1 is 1.11 bits per heavy atom. The van der Waals surface area contributed by atoms with E-state index in [4.69, 9.17) is 23.2 Å². The van der Waals surface area contributed by atoms with E-state index in [9.17, 15) is 18.0 Å². The maximum Gasteiger partial charge on any atom is 0.421 e. The van der Waals surface area contributed by atoms with Crippen LogP contribution in [0.4, 0.5) is 13.2 Å². The fraction of sp³-hybridized carbons (Fsp3) is 0.0833. The van der Waals surface area contributed by atoms with Crippen molar-refractivity contribution in [3.05, 3.63) is 56.4 Å². The van der Waals surface area contributed by atoms with Crippen LogP contribution >= 0.6 is 23.2 Å². The lowest BCUT2D eigenvalue weighted by molar-refractivity contribution is -0.138. The number of halogens is 5. The van der Waals surface area contributed by atoms with Crippen molar-refractivity contribution in [1.29, 1.82) is 0 Å². The molecule has 1 heterocycles. The van der Waals surface area contributed by atoms with E-state index < -0.39 is 17.3 Å². The minimum Gasteiger partial charge on any atom is -0.328 e. The lowest BCUT2D eigenvalue weighted by Gasteiger charge is -2.09. The molecule has 0 atom stereocenters. The molecule has 0 aliphatic heterocycles. The van der Waals surface area contributed by atoms with Crippen molar-refractivity contribution < 1.29 is 13.2 Å². The Morgan fingerprint density at radius 3 is 2.42 bits per heavy atom. The molecular formula is C12H6Cl2F3NO. The predicted molar refractivity (Wildman–Crippen MR) is 67.5 cm³/mol. The molecule has 1 aromatic carbocycles. The van der Waals surface area contributed by atoms with Gasteiger partial charge >= 0.3 is 6.18 Å². The van der Waals surface area contributed by atoms with Gasteiger partial charge in [-0.3, -0.25) is 4.79 Å². The van der Waals surface area contributed by atoms with E-state index in [1.807, 2.05) is 4.98 Å². The summed E-state index contributed by atoms with van der Waals surface area (Å²) in [6.45, 7) is 0. The van der Waals surface area contributed by atoms with Gasteiger partial charge in [0, 0.05) is 27.4 Å². The molecule has 0 amide bonds. The highest BCUT2D eigenvalue weighted by atomic mass is 35.5. The van der Waals surface area contributed by atoms with Gasteiger partial charge in [0.25, 0.3) is 5.56 Å². The summed E-state index contributed by atoms with van der Waals surface area (Å²) in [6.07, 6.45) is -3.57. The maximum atomic E-state index is 12.6. The molecule has 0 saturated heterocycles. The van der Waals surface area contributed by atoms with Crippen LogP contribution in [0.15, 0.2) is 35.3 Å². The molecule has 100 valence electrons. The first-order valence-electron chi connectivity index (χ1n) is 5.04. The van der Waals surface area contributed by atoms with E-state index >= 15 is 0 Å². The molecular weight excluding hydrogens is 302 g/mol. The summed E-state index contributed by atoms with van der Waals surface area (Å²) >= 11 is 11.7. The molecule has 0 unspecified atom stereocenters. The Morgan fingerprint density at radius 2 is 1.79 bits per heavy atom. The zero-order valence-corrected chi connectivity index (χ0v) is 10.7. The highest BCUT2D eigenvalue weighted by Crippen LogP contribution is 2.33. The van der Waals surface area contributed by atoms with Crippen LogP contribution in [0, 0.1) is 0 Å². The highest BCUT2D eigenvalue weighted by molar-refractivity contribution is 6.35. The molecule has 0 fully saturated rings. The number of pyridine rings is 1. The van der Waals surface area contributed by atoms with Crippen LogP contribution in [-0.4, -0.2) is 4.98 Å². The van der Waals surface area contributed by atoms with Crippen molar-refractivity contribution in [1.82, 2.24) is 4.98 Å². The average molecular weight is 308 g/mol. The number of nitrogens with one attached hydrogen (secondary N) is 1. The second-order valence-electron chi connectivity index (χ2n) is 3.75. The van der Waals surface area contributed by atoms with E-state index in [2.05, 4.69) is 0 Å². The largest absolute Gasteiger partial charge is 0.421 e. The highest BCUT2D eigenvalue weighted by Gasteiger charge is 2.34. The maximum absolute atomic E-state index is 12.6. The third kappa shape index (κ3) is 2.93. The third-order valence-corrected chi connectivity index (χ3v) is 3.01. The van der Waals surface area contributed by atoms with E-state index in [0.717, 1.165) is 12.3 Å². The first-order valence-corrected chi connectivity index (χ1v) is 5.80. The second-order valence-corrected chi connectivity index (χ2v) is 4.60. The molecule has 19 heavy (non-hydrogen) atoms. The summed E-state index contributed by atoms with van der Waals surface area (Å²) in [5, 5.41) is 0.573. The minimum absolute atomic E-state index is 0.138. The second kappa shape index (κ2) is 4.90. The number of alkyl halides is 3. The summed E-state index contributed by atoms with van der Waals surface area (Å²) in [6, 6.07) is 5.16. The van der Waals surface area contributed by atoms with Crippen molar-refractivity contribution in [3.63, 3.8) is 0 Å². The lowest BCUT2D eigenvalue weighted by Crippen LogP contribution is -2.20. The average Bonchev–Trinajstić information content (AvgIpc) is 2.31. The van der Waals surface area contributed by atoms with Crippen LogP contribution in [0.1, 0.15) is 5.56 Å². The molecule has 0 aliphatic carbocycles. The Hall–Kier alpha value is -1.46. The molecule has 0 aliphatic rings. The van der Waals surface area contributed by atoms with Gasteiger partial charge in [-0.15, -0.1) is 0 Å². The van der Waals surface area contributed by atoms with Crippen LogP contribution in [0.3, 0.4) is 0 Å². The van der Waals surface area contributed by atoms with Crippen molar-refractivity contribution in [2.75, 3.05) is 0 Å². The van der Waals surface area contributed by atoms with Crippen LogP contribution in [-0.2, 0) is 6.18 Å². The first kappa shape index (κ1) is 14.0. The molecule has 0 spiro atoms. The molecule has 2 aromatic rings. The van der Waals surface area contributed by atoms with Crippen molar-refractivity contribution in [2.45, 2.75) is 6.18 Å². The van der Waals surface area contributed by atoms with Gasteiger partial charge in [0.15, 0.2) is 0 Å². The fourth-order valence-corrected chi connectivity index (χ4v) is 1.97. The Balaban J connectivity index is 2.65. The zero-order valence-electron chi connectivity index (χ0n) is 9.18. The van der Waals surface area contributed by atoms with E-state index in [-0.39, 0.29) is 10.6 Å². The van der Waals surface area contributed by atoms with Gasteiger partial charge in [-0.25, -0.2) is 0 Å². The van der Waals surface area contributed by atoms with Crippen molar-refractivity contribution >= 4 is 23.2 Å². The van der Waals surface area contributed by atoms with Crippen LogP contribution in [0.25, 0.3) is 11.1 Å². The number of rotatable bonds is 1. The summed E-state index contributed by atoms with van der Waals surface area (Å²) < 4.78 is 37.9. The molecule has 1 aromatic heterocycles. The summed E-state index contributed by atoms with van der Waals surface area (Å²) in [4.78, 5) is 13.2. The van der Waals surface area contributed by atoms with Gasteiger partial charge in [-0.05, 0) is 24.3 Å². The minimum atomic E-state index is -4.73. The Labute approximate surface area is 115 Å². The monoisotopic (exact) mass is 307 g/mol. The van der Waals surface area contributed by atoms with E-state index in [0.29, 0.717) is 10.6 Å². The molecule has 2 nitrogen and oxygen atoms in total. The number of aromatic nitrogens is 1. The molecule has 0 radical (unpaired) electrons. The van der Waals surface area contributed by atoms with Gasteiger partial charge in [-0.2, -0.15) is 13.2 Å². The number of benzene rings is 1. The van der Waals surface area contributed by atoms with E-state index in [1.165, 1.54) is 18.2 Å². The summed E-state index contributed by atoms with van der Waals surface area (Å²) in [5.74, 6) is 0. The smallest absolute Gasteiger partial charge is 0.328 e. The van der Waals surface area contributed by atoms with Gasteiger partial charge in [0.05, 0.1) is 0 Å². The molecule has 0 bridgehead atoms. The predicted octanol–water partition coefficient (Wildman–Crippen LogP) is 4.37. The fourth-order valence-electron chi connectivity index (χ4n) is 1.57. The molecule has 7 heteroatoms. The number of hydrogen-bond donors (Lipinski definition) is 1. The SMILES string of the molecule is O=c1[nH]cc(-c2cc(Cl)ccc2Cl)cc1C(F)(F)F. The number of hydrogen-bond acceptors (Lipinski definition) is 1. The molecule has 0 saturated carbocycles. The van der Waals surface area contributed by atoms with Crippen LogP contribution in [0.2, 0.25) is 10.0 Å². The van der Waals surface area contributed by atoms with Gasteiger partial charge in [0.1, 0.15) is 5.56 Å². The van der Waals surface area contributed by atoms with Gasteiger partial charge in [-0.1, -0.05) is 23.2 Å². The Kier molecular flexibility index (Phi) is 3.60. The molecule has 1 N–H and O–H groups in total. The summed E-state index contributed by atoms with van der Waals surface area (Å²) in [7, 11) is 0. The van der Waals surface area contributed by atoms with Crippen LogP contribution in [0.5, 0.6) is 0 Å². The third-order valence-electron chi connectivity index (χ3n) is 2.45.